The summed E-state index contributed by atoms with van der Waals surface area (Å²) in [7, 11) is 0. The highest BCUT2D eigenvalue weighted by Gasteiger charge is 2.45. The lowest BCUT2D eigenvalue weighted by Gasteiger charge is -2.20. The zero-order chi connectivity index (χ0) is 13.2. The van der Waals surface area contributed by atoms with Gasteiger partial charge in [0.15, 0.2) is 0 Å². The van der Waals surface area contributed by atoms with E-state index in [0.717, 1.165) is 12.1 Å². The molecule has 1 aromatic carbocycles. The topological polar surface area (TPSA) is 49.3 Å². The molecule has 3 nitrogen and oxygen atoms in total. The van der Waals surface area contributed by atoms with Crippen LogP contribution < -0.4 is 5.32 Å². The number of phenolic OH excluding ortho intramolecular Hbond substituents is 1. The van der Waals surface area contributed by atoms with E-state index in [1.807, 2.05) is 6.07 Å². The van der Waals surface area contributed by atoms with Gasteiger partial charge in [-0.2, -0.15) is 0 Å². The number of rotatable bonds is 5. The second-order valence-electron chi connectivity index (χ2n) is 5.64. The van der Waals surface area contributed by atoms with Crippen LogP contribution >= 0.6 is 0 Å². The first-order chi connectivity index (χ1) is 8.52. The van der Waals surface area contributed by atoms with Gasteiger partial charge in [-0.15, -0.1) is 0 Å². The summed E-state index contributed by atoms with van der Waals surface area (Å²) in [6.07, 6.45) is 2.77. The second kappa shape index (κ2) is 5.01. The van der Waals surface area contributed by atoms with E-state index < -0.39 is 0 Å². The lowest BCUT2D eigenvalue weighted by molar-refractivity contribution is -0.120. The van der Waals surface area contributed by atoms with Crippen molar-refractivity contribution in [2.45, 2.75) is 33.1 Å². The summed E-state index contributed by atoms with van der Waals surface area (Å²) in [6, 6.07) is 6.86. The molecular formula is C15H21NO2. The van der Waals surface area contributed by atoms with Gasteiger partial charge in [-0.05, 0) is 41.9 Å². The van der Waals surface area contributed by atoms with Gasteiger partial charge in [-0.25, -0.2) is 0 Å². The highest BCUT2D eigenvalue weighted by atomic mass is 16.3. The molecule has 1 aliphatic rings. The summed E-state index contributed by atoms with van der Waals surface area (Å²) in [6.45, 7) is 5.21. The SMILES string of the molecule is CC(C)C1(CNC(=O)Cc2cccc(O)c2)CC1. The van der Waals surface area contributed by atoms with Crippen LogP contribution in [0.15, 0.2) is 24.3 Å². The van der Waals surface area contributed by atoms with E-state index in [4.69, 9.17) is 0 Å². The van der Waals surface area contributed by atoms with Crippen molar-refractivity contribution < 1.29 is 9.90 Å². The molecule has 1 fully saturated rings. The monoisotopic (exact) mass is 247 g/mol. The normalized spacial score (nSPS) is 16.6. The average molecular weight is 247 g/mol. The van der Waals surface area contributed by atoms with E-state index in [1.165, 1.54) is 12.8 Å². The predicted molar refractivity (Wildman–Crippen MR) is 71.3 cm³/mol. The number of hydrogen-bond acceptors (Lipinski definition) is 2. The Morgan fingerprint density at radius 2 is 2.17 bits per heavy atom. The second-order valence-corrected chi connectivity index (χ2v) is 5.64. The van der Waals surface area contributed by atoms with Crippen molar-refractivity contribution in [1.29, 1.82) is 0 Å². The van der Waals surface area contributed by atoms with Crippen molar-refractivity contribution in [3.05, 3.63) is 29.8 Å². The number of carbonyl (C=O) groups excluding carboxylic acids is 1. The summed E-state index contributed by atoms with van der Waals surface area (Å²) in [5.74, 6) is 0.868. The summed E-state index contributed by atoms with van der Waals surface area (Å²) in [5, 5.41) is 12.4. The Morgan fingerprint density at radius 3 is 2.72 bits per heavy atom. The molecule has 0 aromatic heterocycles. The van der Waals surface area contributed by atoms with Crippen LogP contribution in [-0.2, 0) is 11.2 Å². The van der Waals surface area contributed by atoms with Gasteiger partial charge >= 0.3 is 0 Å². The van der Waals surface area contributed by atoms with Gasteiger partial charge in [0.2, 0.25) is 5.91 Å². The molecule has 0 atom stereocenters. The molecule has 18 heavy (non-hydrogen) atoms. The molecule has 0 unspecified atom stereocenters. The quantitative estimate of drug-likeness (QED) is 0.840. The smallest absolute Gasteiger partial charge is 0.224 e. The first-order valence-electron chi connectivity index (χ1n) is 6.56. The van der Waals surface area contributed by atoms with E-state index in [9.17, 15) is 9.90 Å². The van der Waals surface area contributed by atoms with Gasteiger partial charge in [0.1, 0.15) is 5.75 Å². The molecule has 1 saturated carbocycles. The fraction of sp³-hybridized carbons (Fsp3) is 0.533. The molecule has 0 heterocycles. The molecule has 0 spiro atoms. The van der Waals surface area contributed by atoms with Crippen LogP contribution in [0, 0.1) is 11.3 Å². The summed E-state index contributed by atoms with van der Waals surface area (Å²) in [5.41, 5.74) is 1.19. The zero-order valence-electron chi connectivity index (χ0n) is 11.1. The third-order valence-corrected chi connectivity index (χ3v) is 4.03. The molecular weight excluding hydrogens is 226 g/mol. The highest BCUT2D eigenvalue weighted by Crippen LogP contribution is 2.51. The van der Waals surface area contributed by atoms with Crippen LogP contribution in [0.5, 0.6) is 5.75 Å². The summed E-state index contributed by atoms with van der Waals surface area (Å²) < 4.78 is 0. The van der Waals surface area contributed by atoms with Crippen molar-refractivity contribution in [3.8, 4) is 5.75 Å². The molecule has 1 amide bonds. The standard InChI is InChI=1S/C15H21NO2/c1-11(2)15(6-7-15)10-16-14(18)9-12-4-3-5-13(17)8-12/h3-5,8,11,17H,6-7,9-10H2,1-2H3,(H,16,18). The molecule has 1 aromatic rings. The Labute approximate surface area is 108 Å². The average Bonchev–Trinajstić information content (AvgIpc) is 3.07. The maximum absolute atomic E-state index is 11.8. The zero-order valence-corrected chi connectivity index (χ0v) is 11.1. The van der Waals surface area contributed by atoms with Crippen LogP contribution in [0.1, 0.15) is 32.3 Å². The van der Waals surface area contributed by atoms with E-state index in [-0.39, 0.29) is 11.7 Å². The maximum atomic E-state index is 11.8. The molecule has 0 radical (unpaired) electrons. The Balaban J connectivity index is 1.83. The van der Waals surface area contributed by atoms with E-state index in [0.29, 0.717) is 17.8 Å². The minimum atomic E-state index is 0.0347. The molecule has 0 saturated heterocycles. The highest BCUT2D eigenvalue weighted by molar-refractivity contribution is 5.78. The largest absolute Gasteiger partial charge is 0.508 e. The van der Waals surface area contributed by atoms with Gasteiger partial charge in [-0.1, -0.05) is 26.0 Å². The minimum Gasteiger partial charge on any atom is -0.508 e. The predicted octanol–water partition coefficient (Wildman–Crippen LogP) is 2.49. The molecule has 98 valence electrons. The van der Waals surface area contributed by atoms with Crippen LogP contribution in [0.4, 0.5) is 0 Å². The van der Waals surface area contributed by atoms with Crippen molar-refractivity contribution in [2.75, 3.05) is 6.54 Å². The Kier molecular flexibility index (Phi) is 3.60. The minimum absolute atomic E-state index is 0.0347. The van der Waals surface area contributed by atoms with Crippen LogP contribution in [0.2, 0.25) is 0 Å². The first kappa shape index (κ1) is 12.9. The fourth-order valence-electron chi connectivity index (χ4n) is 2.31. The Hall–Kier alpha value is -1.51. The number of benzene rings is 1. The van der Waals surface area contributed by atoms with Gasteiger partial charge in [-0.3, -0.25) is 4.79 Å². The van der Waals surface area contributed by atoms with Gasteiger partial charge < -0.3 is 10.4 Å². The van der Waals surface area contributed by atoms with E-state index >= 15 is 0 Å². The van der Waals surface area contributed by atoms with E-state index in [1.54, 1.807) is 18.2 Å². The van der Waals surface area contributed by atoms with Crippen LogP contribution in [0.3, 0.4) is 0 Å². The lowest BCUT2D eigenvalue weighted by Crippen LogP contribution is -2.33. The lowest BCUT2D eigenvalue weighted by atomic mass is 9.92. The van der Waals surface area contributed by atoms with Crippen molar-refractivity contribution in [3.63, 3.8) is 0 Å². The van der Waals surface area contributed by atoms with Gasteiger partial charge in [0.25, 0.3) is 0 Å². The van der Waals surface area contributed by atoms with Crippen molar-refractivity contribution in [2.24, 2.45) is 11.3 Å². The number of aromatic hydroxyl groups is 1. The Morgan fingerprint density at radius 1 is 1.44 bits per heavy atom. The molecule has 2 rings (SSSR count). The molecule has 1 aliphatic carbocycles. The third-order valence-electron chi connectivity index (χ3n) is 4.03. The van der Waals surface area contributed by atoms with Crippen molar-refractivity contribution >= 4 is 5.91 Å². The van der Waals surface area contributed by atoms with Gasteiger partial charge in [0.05, 0.1) is 6.42 Å². The molecule has 2 N–H and O–H groups in total. The van der Waals surface area contributed by atoms with E-state index in [2.05, 4.69) is 19.2 Å². The number of hydrogen-bond donors (Lipinski definition) is 2. The van der Waals surface area contributed by atoms with Crippen LogP contribution in [0.25, 0.3) is 0 Å². The summed E-state index contributed by atoms with van der Waals surface area (Å²) >= 11 is 0. The summed E-state index contributed by atoms with van der Waals surface area (Å²) in [4.78, 5) is 11.8. The van der Waals surface area contributed by atoms with Gasteiger partial charge in [0, 0.05) is 6.54 Å². The first-order valence-corrected chi connectivity index (χ1v) is 6.56. The number of amides is 1. The number of phenols is 1. The molecule has 0 bridgehead atoms. The fourth-order valence-corrected chi connectivity index (χ4v) is 2.31. The Bertz CT molecular complexity index is 436. The third kappa shape index (κ3) is 3.03. The molecule has 0 aliphatic heterocycles. The molecule has 3 heteroatoms. The maximum Gasteiger partial charge on any atom is 0.224 e. The van der Waals surface area contributed by atoms with Crippen LogP contribution in [-0.4, -0.2) is 17.6 Å². The number of carbonyl (C=O) groups is 1. The van der Waals surface area contributed by atoms with Crippen molar-refractivity contribution in [1.82, 2.24) is 5.32 Å². The number of nitrogens with one attached hydrogen (secondary N) is 1.